The van der Waals surface area contributed by atoms with Crippen molar-refractivity contribution in [3.05, 3.63) is 59.2 Å². The Balaban J connectivity index is 1.96. The van der Waals surface area contributed by atoms with Crippen molar-refractivity contribution in [3.63, 3.8) is 0 Å². The molecule has 1 saturated heterocycles. The van der Waals surface area contributed by atoms with Crippen LogP contribution >= 0.6 is 12.2 Å². The zero-order chi connectivity index (χ0) is 21.0. The van der Waals surface area contributed by atoms with E-state index in [0.717, 1.165) is 12.0 Å². The van der Waals surface area contributed by atoms with Crippen LogP contribution in [-0.2, 0) is 16.0 Å². The van der Waals surface area contributed by atoms with E-state index in [1.807, 2.05) is 31.2 Å². The molecule has 1 aliphatic heterocycles. The summed E-state index contributed by atoms with van der Waals surface area (Å²) >= 11 is 5.24. The number of nitrogens with one attached hydrogen (secondary N) is 1. The fraction of sp³-hybridized carbons (Fsp3) is 0.227. The molecule has 1 fully saturated rings. The van der Waals surface area contributed by atoms with E-state index >= 15 is 0 Å². The number of hydrogen-bond donors (Lipinski definition) is 1. The van der Waals surface area contributed by atoms with E-state index in [1.54, 1.807) is 18.2 Å². The maximum atomic E-state index is 13.1. The lowest BCUT2D eigenvalue weighted by molar-refractivity contribution is -0.122. The lowest BCUT2D eigenvalue weighted by atomic mass is 10.1. The molecule has 2 amide bonds. The van der Waals surface area contributed by atoms with Crippen LogP contribution in [0.15, 0.2) is 48.0 Å². The van der Waals surface area contributed by atoms with E-state index in [4.69, 9.17) is 21.7 Å². The molecular weight excluding hydrogens is 388 g/mol. The van der Waals surface area contributed by atoms with Crippen LogP contribution in [0.1, 0.15) is 25.0 Å². The Bertz CT molecular complexity index is 983. The van der Waals surface area contributed by atoms with Crippen molar-refractivity contribution >= 4 is 40.9 Å². The number of hydrogen-bond acceptors (Lipinski definition) is 5. The van der Waals surface area contributed by atoms with E-state index in [1.165, 1.54) is 18.1 Å². The highest BCUT2D eigenvalue weighted by atomic mass is 32.1. The van der Waals surface area contributed by atoms with Crippen molar-refractivity contribution < 1.29 is 19.1 Å². The molecule has 29 heavy (non-hydrogen) atoms. The molecule has 3 rings (SSSR count). The van der Waals surface area contributed by atoms with Gasteiger partial charge in [0, 0.05) is 0 Å². The average molecular weight is 410 g/mol. The molecule has 1 aliphatic rings. The molecule has 0 radical (unpaired) electrons. The lowest BCUT2D eigenvalue weighted by Crippen LogP contribution is -2.54. The van der Waals surface area contributed by atoms with Crippen LogP contribution in [-0.4, -0.2) is 30.6 Å². The standard InChI is InChI=1S/C22H22N2O4S/c1-4-14-6-9-16(10-7-14)24-21(26)17(20(25)23-22(24)29)12-15-8-11-18(28-5-2)19(13-15)27-3/h6-13H,4-5H2,1-3H3,(H,23,25,29). The minimum atomic E-state index is -0.533. The van der Waals surface area contributed by atoms with E-state index in [-0.39, 0.29) is 10.7 Å². The van der Waals surface area contributed by atoms with Gasteiger partial charge in [-0.15, -0.1) is 0 Å². The van der Waals surface area contributed by atoms with E-state index < -0.39 is 11.8 Å². The van der Waals surface area contributed by atoms with Crippen LogP contribution in [0.5, 0.6) is 11.5 Å². The first-order valence-electron chi connectivity index (χ1n) is 9.29. The molecule has 6 nitrogen and oxygen atoms in total. The van der Waals surface area contributed by atoms with Gasteiger partial charge in [-0.25, -0.2) is 0 Å². The minimum Gasteiger partial charge on any atom is -0.493 e. The third-order valence-electron chi connectivity index (χ3n) is 4.50. The van der Waals surface area contributed by atoms with Crippen molar-refractivity contribution in [2.75, 3.05) is 18.6 Å². The highest BCUT2D eigenvalue weighted by molar-refractivity contribution is 7.80. The lowest BCUT2D eigenvalue weighted by Gasteiger charge is -2.29. The number of thiocarbonyl (C=S) groups is 1. The summed E-state index contributed by atoms with van der Waals surface area (Å²) in [5.41, 5.74) is 2.38. The molecule has 150 valence electrons. The van der Waals surface area contributed by atoms with Crippen LogP contribution < -0.4 is 19.7 Å². The molecule has 7 heteroatoms. The van der Waals surface area contributed by atoms with Gasteiger partial charge in [0.25, 0.3) is 11.8 Å². The predicted molar refractivity (Wildman–Crippen MR) is 116 cm³/mol. The van der Waals surface area contributed by atoms with Gasteiger partial charge in [0.1, 0.15) is 5.57 Å². The number of ether oxygens (including phenoxy) is 2. The van der Waals surface area contributed by atoms with Crippen molar-refractivity contribution in [3.8, 4) is 11.5 Å². The largest absolute Gasteiger partial charge is 0.493 e. The molecular formula is C22H22N2O4S. The van der Waals surface area contributed by atoms with Crippen molar-refractivity contribution in [2.45, 2.75) is 20.3 Å². The molecule has 2 aromatic carbocycles. The highest BCUT2D eigenvalue weighted by Crippen LogP contribution is 2.30. The summed E-state index contributed by atoms with van der Waals surface area (Å²) in [6.45, 7) is 4.43. The van der Waals surface area contributed by atoms with Crippen molar-refractivity contribution in [1.82, 2.24) is 5.32 Å². The molecule has 0 saturated carbocycles. The Morgan fingerprint density at radius 1 is 1.07 bits per heavy atom. The van der Waals surface area contributed by atoms with Gasteiger partial charge in [-0.3, -0.25) is 19.8 Å². The zero-order valence-corrected chi connectivity index (χ0v) is 17.3. The SMILES string of the molecule is CCOc1ccc(C=C2C(=O)NC(=S)N(c3ccc(CC)cc3)C2=O)cc1OC. The molecule has 0 atom stereocenters. The van der Waals surface area contributed by atoms with E-state index in [0.29, 0.717) is 29.4 Å². The van der Waals surface area contributed by atoms with Crippen LogP contribution in [0, 0.1) is 0 Å². The summed E-state index contributed by atoms with van der Waals surface area (Å²) in [7, 11) is 1.54. The Kier molecular flexibility index (Phi) is 6.29. The summed E-state index contributed by atoms with van der Waals surface area (Å²) in [6.07, 6.45) is 2.41. The van der Waals surface area contributed by atoms with Crippen LogP contribution in [0.2, 0.25) is 0 Å². The Labute approximate surface area is 175 Å². The maximum absolute atomic E-state index is 13.1. The smallest absolute Gasteiger partial charge is 0.270 e. The fourth-order valence-corrected chi connectivity index (χ4v) is 3.27. The van der Waals surface area contributed by atoms with Crippen LogP contribution in [0.4, 0.5) is 5.69 Å². The maximum Gasteiger partial charge on any atom is 0.270 e. The fourth-order valence-electron chi connectivity index (χ4n) is 2.99. The first-order valence-corrected chi connectivity index (χ1v) is 9.70. The second-order valence-corrected chi connectivity index (χ2v) is 6.71. The monoisotopic (exact) mass is 410 g/mol. The highest BCUT2D eigenvalue weighted by Gasteiger charge is 2.34. The zero-order valence-electron chi connectivity index (χ0n) is 16.5. The van der Waals surface area contributed by atoms with E-state index in [2.05, 4.69) is 12.2 Å². The van der Waals surface area contributed by atoms with E-state index in [9.17, 15) is 9.59 Å². The third kappa shape index (κ3) is 4.30. The minimum absolute atomic E-state index is 0.00983. The average Bonchev–Trinajstić information content (AvgIpc) is 2.72. The summed E-state index contributed by atoms with van der Waals surface area (Å²) in [6, 6.07) is 12.7. The number of carbonyl (C=O) groups is 2. The summed E-state index contributed by atoms with van der Waals surface area (Å²) in [5, 5.41) is 2.65. The van der Waals surface area contributed by atoms with Crippen LogP contribution in [0.3, 0.4) is 0 Å². The molecule has 0 spiro atoms. The second kappa shape index (κ2) is 8.87. The molecule has 0 unspecified atom stereocenters. The number of benzene rings is 2. The number of aryl methyl sites for hydroxylation is 1. The summed E-state index contributed by atoms with van der Waals surface area (Å²) in [5.74, 6) is 0.105. The molecule has 1 N–H and O–H groups in total. The first-order chi connectivity index (χ1) is 14.0. The van der Waals surface area contributed by atoms with Gasteiger partial charge < -0.3 is 9.47 Å². The normalized spacial score (nSPS) is 15.5. The van der Waals surface area contributed by atoms with Crippen LogP contribution in [0.25, 0.3) is 6.08 Å². The topological polar surface area (TPSA) is 67.9 Å². The number of carbonyl (C=O) groups excluding carboxylic acids is 2. The third-order valence-corrected chi connectivity index (χ3v) is 4.79. The molecule has 0 aromatic heterocycles. The van der Waals surface area contributed by atoms with Gasteiger partial charge in [0.15, 0.2) is 16.6 Å². The van der Waals surface area contributed by atoms with Crippen molar-refractivity contribution in [1.29, 1.82) is 0 Å². The Morgan fingerprint density at radius 2 is 1.79 bits per heavy atom. The van der Waals surface area contributed by atoms with Crippen molar-refractivity contribution in [2.24, 2.45) is 0 Å². The quantitative estimate of drug-likeness (QED) is 0.449. The molecule has 0 aliphatic carbocycles. The number of amides is 2. The Morgan fingerprint density at radius 3 is 2.41 bits per heavy atom. The second-order valence-electron chi connectivity index (χ2n) is 6.32. The van der Waals surface area contributed by atoms with Gasteiger partial charge in [-0.1, -0.05) is 25.1 Å². The number of methoxy groups -OCH3 is 1. The van der Waals surface area contributed by atoms with Gasteiger partial charge in [0.05, 0.1) is 19.4 Å². The van der Waals surface area contributed by atoms with Gasteiger partial charge in [-0.05, 0) is 67.0 Å². The number of nitrogens with zero attached hydrogens (tertiary/aromatic N) is 1. The van der Waals surface area contributed by atoms with Gasteiger partial charge in [-0.2, -0.15) is 0 Å². The summed E-state index contributed by atoms with van der Waals surface area (Å²) in [4.78, 5) is 26.9. The van der Waals surface area contributed by atoms with Gasteiger partial charge in [0.2, 0.25) is 0 Å². The first kappa shape index (κ1) is 20.5. The predicted octanol–water partition coefficient (Wildman–Crippen LogP) is 3.49. The molecule has 1 heterocycles. The number of anilines is 1. The molecule has 0 bridgehead atoms. The molecule has 2 aromatic rings. The summed E-state index contributed by atoms with van der Waals surface area (Å²) < 4.78 is 10.8. The number of rotatable bonds is 6. The van der Waals surface area contributed by atoms with Gasteiger partial charge >= 0.3 is 0 Å². The Hall–Kier alpha value is -3.19.